The second kappa shape index (κ2) is 7.53. The number of likely N-dealkylation sites (tertiary alicyclic amines) is 1. The summed E-state index contributed by atoms with van der Waals surface area (Å²) in [4.78, 5) is 25.4. The summed E-state index contributed by atoms with van der Waals surface area (Å²) in [5, 5.41) is 14.4. The smallest absolute Gasteiger partial charge is 0.251 e. The highest BCUT2D eigenvalue weighted by Crippen LogP contribution is 2.23. The van der Waals surface area contributed by atoms with Gasteiger partial charge in [-0.3, -0.25) is 14.5 Å². The van der Waals surface area contributed by atoms with Crippen LogP contribution in [0.3, 0.4) is 0 Å². The van der Waals surface area contributed by atoms with Crippen molar-refractivity contribution in [1.82, 2.24) is 4.90 Å². The van der Waals surface area contributed by atoms with Gasteiger partial charge < -0.3 is 16.2 Å². The molecule has 2 amide bonds. The van der Waals surface area contributed by atoms with Crippen LogP contribution in [0.25, 0.3) is 0 Å². The fourth-order valence-corrected chi connectivity index (χ4v) is 3.41. The zero-order chi connectivity index (χ0) is 15.2. The molecular formula is C14H21N3O3S. The third kappa shape index (κ3) is 4.26. The molecule has 1 aromatic rings. The van der Waals surface area contributed by atoms with E-state index in [4.69, 9.17) is 5.73 Å². The first-order valence-corrected chi connectivity index (χ1v) is 8.02. The average Bonchev–Trinajstić information content (AvgIpc) is 2.78. The fraction of sp³-hybridized carbons (Fsp3) is 0.571. The Bertz CT molecular complexity index is 503. The molecule has 7 heteroatoms. The van der Waals surface area contributed by atoms with Gasteiger partial charge in [0.05, 0.1) is 18.7 Å². The molecule has 1 atom stereocenters. The molecule has 1 saturated heterocycles. The van der Waals surface area contributed by atoms with Gasteiger partial charge in [0, 0.05) is 6.04 Å². The minimum Gasteiger partial charge on any atom is -0.395 e. The Morgan fingerprint density at radius 3 is 2.95 bits per heavy atom. The molecule has 2 rings (SSSR count). The average molecular weight is 311 g/mol. The van der Waals surface area contributed by atoms with E-state index in [0.717, 1.165) is 32.2 Å². The minimum absolute atomic E-state index is 0.0391. The van der Waals surface area contributed by atoms with Crippen molar-refractivity contribution in [2.75, 3.05) is 25.0 Å². The lowest BCUT2D eigenvalue weighted by Gasteiger charge is -2.27. The lowest BCUT2D eigenvalue weighted by molar-refractivity contribution is -0.118. The minimum atomic E-state index is -0.547. The van der Waals surface area contributed by atoms with Crippen LogP contribution in [0, 0.1) is 0 Å². The third-order valence-electron chi connectivity index (χ3n) is 3.74. The molecule has 2 heterocycles. The Morgan fingerprint density at radius 1 is 1.43 bits per heavy atom. The van der Waals surface area contributed by atoms with Crippen LogP contribution in [0.15, 0.2) is 11.4 Å². The molecule has 1 aliphatic heterocycles. The van der Waals surface area contributed by atoms with E-state index in [1.807, 2.05) is 4.90 Å². The van der Waals surface area contributed by atoms with Gasteiger partial charge in [-0.15, -0.1) is 11.3 Å². The van der Waals surface area contributed by atoms with Crippen LogP contribution in [0.5, 0.6) is 0 Å². The van der Waals surface area contributed by atoms with E-state index < -0.39 is 5.91 Å². The number of aliphatic hydroxyl groups is 1. The first-order chi connectivity index (χ1) is 10.1. The van der Waals surface area contributed by atoms with Crippen molar-refractivity contribution in [3.8, 4) is 0 Å². The number of nitrogens with two attached hydrogens (primary N) is 1. The molecule has 0 spiro atoms. The van der Waals surface area contributed by atoms with Crippen LogP contribution in [0.1, 0.15) is 36.0 Å². The summed E-state index contributed by atoms with van der Waals surface area (Å²) < 4.78 is 0. The molecule has 0 bridgehead atoms. The Balaban J connectivity index is 1.96. The van der Waals surface area contributed by atoms with E-state index in [2.05, 4.69) is 5.32 Å². The maximum absolute atomic E-state index is 12.1. The van der Waals surface area contributed by atoms with Crippen molar-refractivity contribution in [2.45, 2.75) is 31.7 Å². The van der Waals surface area contributed by atoms with E-state index in [9.17, 15) is 14.7 Å². The molecule has 1 aromatic heterocycles. The van der Waals surface area contributed by atoms with Crippen molar-refractivity contribution < 1.29 is 14.7 Å². The summed E-state index contributed by atoms with van der Waals surface area (Å²) in [5.74, 6) is -0.727. The molecule has 116 valence electrons. The number of carbonyl (C=O) groups is 2. The maximum Gasteiger partial charge on any atom is 0.251 e. The van der Waals surface area contributed by atoms with Crippen LogP contribution in [-0.2, 0) is 4.79 Å². The van der Waals surface area contributed by atoms with E-state index >= 15 is 0 Å². The highest BCUT2D eigenvalue weighted by atomic mass is 32.1. The lowest BCUT2D eigenvalue weighted by atomic mass is 10.1. The molecule has 4 N–H and O–H groups in total. The number of aliphatic hydroxyl groups excluding tert-OH is 1. The topological polar surface area (TPSA) is 95.7 Å². The Labute approximate surface area is 127 Å². The maximum atomic E-state index is 12.1. The quantitative estimate of drug-likeness (QED) is 0.756. The van der Waals surface area contributed by atoms with Crippen LogP contribution in [0.4, 0.5) is 5.00 Å². The van der Waals surface area contributed by atoms with Gasteiger partial charge in [0.25, 0.3) is 5.91 Å². The number of carbonyl (C=O) groups excluding carboxylic acids is 2. The summed E-state index contributed by atoms with van der Waals surface area (Å²) in [5.41, 5.74) is 5.59. The van der Waals surface area contributed by atoms with Gasteiger partial charge in [-0.1, -0.05) is 12.8 Å². The number of hydrogen-bond donors (Lipinski definition) is 3. The van der Waals surface area contributed by atoms with Crippen LogP contribution < -0.4 is 11.1 Å². The van der Waals surface area contributed by atoms with Crippen molar-refractivity contribution in [2.24, 2.45) is 5.73 Å². The van der Waals surface area contributed by atoms with Gasteiger partial charge in [-0.05, 0) is 30.8 Å². The van der Waals surface area contributed by atoms with Gasteiger partial charge in [-0.25, -0.2) is 0 Å². The monoisotopic (exact) mass is 311 g/mol. The van der Waals surface area contributed by atoms with Crippen LogP contribution in [0.2, 0.25) is 0 Å². The van der Waals surface area contributed by atoms with E-state index in [1.165, 1.54) is 11.3 Å². The first-order valence-electron chi connectivity index (χ1n) is 7.14. The Kier molecular flexibility index (Phi) is 5.72. The number of primary amides is 1. The molecule has 0 saturated carbocycles. The van der Waals surface area contributed by atoms with Crippen LogP contribution in [-0.4, -0.2) is 47.6 Å². The largest absolute Gasteiger partial charge is 0.395 e. The van der Waals surface area contributed by atoms with Gasteiger partial charge in [-0.2, -0.15) is 0 Å². The molecular weight excluding hydrogens is 290 g/mol. The second-order valence-electron chi connectivity index (χ2n) is 5.23. The van der Waals surface area contributed by atoms with Gasteiger partial charge in [0.15, 0.2) is 0 Å². The summed E-state index contributed by atoms with van der Waals surface area (Å²) in [6.45, 7) is 1.10. The standard InChI is InChI=1S/C14H21N3O3S/c15-13(20)11-5-7-21-14(11)16-12(19)8-17-6-3-1-2-4-10(17)9-18/h5,7,10,18H,1-4,6,8-9H2,(H2,15,20)(H,16,19). The lowest BCUT2D eigenvalue weighted by Crippen LogP contribution is -2.42. The Hall–Kier alpha value is -1.44. The molecule has 0 aliphatic carbocycles. The normalized spacial score (nSPS) is 20.0. The van der Waals surface area contributed by atoms with E-state index in [1.54, 1.807) is 11.4 Å². The van der Waals surface area contributed by atoms with Crippen molar-refractivity contribution in [3.05, 3.63) is 17.0 Å². The van der Waals surface area contributed by atoms with Crippen LogP contribution >= 0.6 is 11.3 Å². The van der Waals surface area contributed by atoms with E-state index in [-0.39, 0.29) is 25.1 Å². The summed E-state index contributed by atoms with van der Waals surface area (Å²) in [6, 6.07) is 1.64. The number of nitrogens with zero attached hydrogens (tertiary/aromatic N) is 1. The second-order valence-corrected chi connectivity index (χ2v) is 6.15. The molecule has 1 unspecified atom stereocenters. The van der Waals surface area contributed by atoms with Crippen molar-refractivity contribution in [3.63, 3.8) is 0 Å². The Morgan fingerprint density at radius 2 is 2.24 bits per heavy atom. The molecule has 21 heavy (non-hydrogen) atoms. The number of thiophene rings is 1. The van der Waals surface area contributed by atoms with Gasteiger partial charge >= 0.3 is 0 Å². The van der Waals surface area contributed by atoms with Crippen molar-refractivity contribution >= 4 is 28.2 Å². The SMILES string of the molecule is NC(=O)c1ccsc1NC(=O)CN1CCCCCC1CO. The molecule has 6 nitrogen and oxygen atoms in total. The number of nitrogens with one attached hydrogen (secondary N) is 1. The first kappa shape index (κ1) is 15.9. The number of amides is 2. The highest BCUT2D eigenvalue weighted by molar-refractivity contribution is 7.14. The summed E-state index contributed by atoms with van der Waals surface area (Å²) >= 11 is 1.28. The predicted octanol–water partition coefficient (Wildman–Crippen LogP) is 1.02. The number of hydrogen-bond acceptors (Lipinski definition) is 5. The molecule has 1 fully saturated rings. The number of anilines is 1. The highest BCUT2D eigenvalue weighted by Gasteiger charge is 2.23. The third-order valence-corrected chi connectivity index (χ3v) is 4.57. The predicted molar refractivity (Wildman–Crippen MR) is 82.4 cm³/mol. The molecule has 0 aromatic carbocycles. The molecule has 1 aliphatic rings. The van der Waals surface area contributed by atoms with E-state index in [0.29, 0.717) is 10.6 Å². The van der Waals surface area contributed by atoms with Gasteiger partial charge in [0.1, 0.15) is 5.00 Å². The zero-order valence-electron chi connectivity index (χ0n) is 11.9. The summed E-state index contributed by atoms with van der Waals surface area (Å²) in [7, 11) is 0. The molecule has 0 radical (unpaired) electrons. The summed E-state index contributed by atoms with van der Waals surface area (Å²) in [6.07, 6.45) is 4.16. The van der Waals surface area contributed by atoms with Crippen molar-refractivity contribution in [1.29, 1.82) is 0 Å². The number of rotatable bonds is 5. The fourth-order valence-electron chi connectivity index (χ4n) is 2.60. The zero-order valence-corrected chi connectivity index (χ0v) is 12.7. The van der Waals surface area contributed by atoms with Gasteiger partial charge in [0.2, 0.25) is 5.91 Å².